The molecule has 0 nitrogen and oxygen atoms in total. The Morgan fingerprint density at radius 1 is 0.238 bits per heavy atom. The average molecular weight is 554 g/mol. The van der Waals surface area contributed by atoms with Crippen LogP contribution < -0.4 is 0 Å². The molecule has 0 aliphatic heterocycles. The molecule has 0 amide bonds. The van der Waals surface area contributed by atoms with Gasteiger partial charge in [-0.05, 0) is 0 Å². The third-order valence-corrected chi connectivity index (χ3v) is 0. The van der Waals surface area contributed by atoms with Gasteiger partial charge in [-0.3, -0.25) is 0 Å². The van der Waals surface area contributed by atoms with Crippen molar-refractivity contribution in [1.82, 2.24) is 0 Å². The molecule has 0 spiro atoms. The van der Waals surface area contributed by atoms with E-state index in [1.807, 2.05) is 0 Å². The van der Waals surface area contributed by atoms with Crippen molar-refractivity contribution in [3.63, 3.8) is 0 Å². The Morgan fingerprint density at radius 2 is 0.238 bits per heavy atom. The first-order valence-electron chi connectivity index (χ1n) is 3.49. The maximum absolute atomic E-state index is 9.75. The van der Waals surface area contributed by atoms with Crippen LogP contribution in [0.15, 0.2) is 0 Å². The number of rotatable bonds is 0. The Balaban J connectivity index is -0.0000000533. The zero-order valence-electron chi connectivity index (χ0n) is 8.86. The van der Waals surface area contributed by atoms with Crippen LogP contribution in [0.4, 0.5) is 69.1 Å². The normalized spacial score (nSPS) is 11.4. The smallest absolute Gasteiger partial charge is 0.418 e. The summed E-state index contributed by atoms with van der Waals surface area (Å²) in [4.78, 5) is 0. The van der Waals surface area contributed by atoms with E-state index in [4.69, 9.17) is 0 Å². The van der Waals surface area contributed by atoms with Gasteiger partial charge in [0.15, 0.2) is 0 Å². The second-order valence-electron chi connectivity index (χ2n) is 1.98. The SMILES string of the molecule is F[B-](F)(F)F.F[B-](F)(F)F.F[B-](F)(F)F.F[B-](F)(F)F.[Pb]. The van der Waals surface area contributed by atoms with E-state index in [9.17, 15) is 69.1 Å². The Hall–Kier alpha value is 0.0618. The molecular formula is B4F16Pb-4. The second-order valence-corrected chi connectivity index (χ2v) is 1.98. The summed E-state index contributed by atoms with van der Waals surface area (Å²) in [6.07, 6.45) is 0. The molecule has 21 heteroatoms. The molecular weight excluding hydrogens is 554 g/mol. The van der Waals surface area contributed by atoms with Crippen LogP contribution in [0.3, 0.4) is 0 Å². The summed E-state index contributed by atoms with van der Waals surface area (Å²) >= 11 is 0. The molecule has 0 aromatic heterocycles. The molecule has 0 aliphatic rings. The molecule has 0 unspecified atom stereocenters. The monoisotopic (exact) mass is 556 g/mol. The fourth-order valence-corrected chi connectivity index (χ4v) is 0. The van der Waals surface area contributed by atoms with Crippen molar-refractivity contribution in [2.45, 2.75) is 0 Å². The minimum atomic E-state index is -6.00. The zero-order valence-corrected chi connectivity index (χ0v) is 12.7. The third-order valence-electron chi connectivity index (χ3n) is 0. The maximum Gasteiger partial charge on any atom is 0.673 e. The van der Waals surface area contributed by atoms with E-state index in [-0.39, 0.29) is 27.3 Å². The third kappa shape index (κ3) is 1710000. The molecule has 0 saturated carbocycles. The summed E-state index contributed by atoms with van der Waals surface area (Å²) in [7, 11) is -24.0. The zero-order chi connectivity index (χ0) is 18.0. The minimum absolute atomic E-state index is 0. The van der Waals surface area contributed by atoms with Crippen LogP contribution in [0.25, 0.3) is 0 Å². The van der Waals surface area contributed by atoms with Gasteiger partial charge in [-0.2, -0.15) is 0 Å². The van der Waals surface area contributed by atoms with Crippen molar-refractivity contribution in [3.05, 3.63) is 0 Å². The predicted octanol–water partition coefficient (Wildman–Crippen LogP) is 4.82. The fraction of sp³-hybridized carbons (Fsp3) is 0. The Labute approximate surface area is 126 Å². The summed E-state index contributed by atoms with van der Waals surface area (Å²) < 4.78 is 156. The second kappa shape index (κ2) is 12.6. The minimum Gasteiger partial charge on any atom is -0.418 e. The van der Waals surface area contributed by atoms with Gasteiger partial charge in [0.25, 0.3) is 0 Å². The van der Waals surface area contributed by atoms with E-state index >= 15 is 0 Å². The average Bonchev–Trinajstić information content (AvgIpc) is 1.62. The standard InChI is InChI=1S/4BF4.Pb/c4*2-1(3,4)5;/q4*-1;. The summed E-state index contributed by atoms with van der Waals surface area (Å²) in [5, 5.41) is 0. The first kappa shape index (κ1) is 32.9. The van der Waals surface area contributed by atoms with Gasteiger partial charge >= 0.3 is 29.0 Å². The van der Waals surface area contributed by atoms with Crippen molar-refractivity contribution >= 4 is 56.3 Å². The van der Waals surface area contributed by atoms with Crippen LogP contribution in [0.5, 0.6) is 0 Å². The van der Waals surface area contributed by atoms with E-state index in [1.54, 1.807) is 0 Å². The topological polar surface area (TPSA) is 0 Å². The van der Waals surface area contributed by atoms with Crippen molar-refractivity contribution in [2.75, 3.05) is 0 Å². The first-order chi connectivity index (χ1) is 8.00. The van der Waals surface area contributed by atoms with Crippen LogP contribution in [-0.2, 0) is 0 Å². The van der Waals surface area contributed by atoms with E-state index < -0.39 is 29.0 Å². The molecule has 0 heterocycles. The van der Waals surface area contributed by atoms with Crippen molar-refractivity contribution in [3.8, 4) is 0 Å². The number of hydrogen-bond acceptors (Lipinski definition) is 0. The van der Waals surface area contributed by atoms with Gasteiger partial charge in [-0.1, -0.05) is 0 Å². The molecule has 0 atom stereocenters. The van der Waals surface area contributed by atoms with Gasteiger partial charge in [0.2, 0.25) is 0 Å². The van der Waals surface area contributed by atoms with Gasteiger partial charge in [0.05, 0.1) is 0 Å². The summed E-state index contributed by atoms with van der Waals surface area (Å²) in [5.74, 6) is 0. The van der Waals surface area contributed by atoms with Gasteiger partial charge < -0.3 is 69.1 Å². The molecule has 0 bridgehead atoms. The quantitative estimate of drug-likeness (QED) is 0.298. The van der Waals surface area contributed by atoms with Crippen LogP contribution in [-0.4, -0.2) is 56.3 Å². The van der Waals surface area contributed by atoms with E-state index in [1.165, 1.54) is 0 Å². The molecule has 0 saturated heterocycles. The molecule has 4 radical (unpaired) electrons. The van der Waals surface area contributed by atoms with E-state index in [0.717, 1.165) is 0 Å². The Bertz CT molecular complexity index is 130. The Kier molecular flexibility index (Phi) is 19.7. The molecule has 0 rings (SSSR count). The van der Waals surface area contributed by atoms with E-state index in [0.29, 0.717) is 0 Å². The summed E-state index contributed by atoms with van der Waals surface area (Å²) in [6, 6.07) is 0. The van der Waals surface area contributed by atoms with Crippen LogP contribution >= 0.6 is 0 Å². The number of hydrogen-bond donors (Lipinski definition) is 0. The maximum atomic E-state index is 9.75. The van der Waals surface area contributed by atoms with Crippen molar-refractivity contribution in [2.24, 2.45) is 0 Å². The predicted molar refractivity (Wildman–Crippen MR) is 46.5 cm³/mol. The van der Waals surface area contributed by atoms with E-state index in [2.05, 4.69) is 0 Å². The molecule has 0 aromatic carbocycles. The summed E-state index contributed by atoms with van der Waals surface area (Å²) in [5.41, 5.74) is 0. The molecule has 21 heavy (non-hydrogen) atoms. The Morgan fingerprint density at radius 3 is 0.238 bits per heavy atom. The van der Waals surface area contributed by atoms with Crippen molar-refractivity contribution in [1.29, 1.82) is 0 Å². The largest absolute Gasteiger partial charge is 0.673 e. The molecule has 132 valence electrons. The molecule has 0 aliphatic carbocycles. The molecule has 0 fully saturated rings. The van der Waals surface area contributed by atoms with Gasteiger partial charge in [-0.25, -0.2) is 0 Å². The molecule has 0 N–H and O–H groups in total. The van der Waals surface area contributed by atoms with Gasteiger partial charge in [0.1, 0.15) is 0 Å². The first-order valence-corrected chi connectivity index (χ1v) is 3.49. The van der Waals surface area contributed by atoms with Gasteiger partial charge in [-0.15, -0.1) is 0 Å². The fourth-order valence-electron chi connectivity index (χ4n) is 0. The van der Waals surface area contributed by atoms with Crippen LogP contribution in [0, 0.1) is 0 Å². The van der Waals surface area contributed by atoms with Crippen molar-refractivity contribution < 1.29 is 69.1 Å². The van der Waals surface area contributed by atoms with Gasteiger partial charge in [0, 0.05) is 27.3 Å². The molecule has 0 aromatic rings. The van der Waals surface area contributed by atoms with Crippen LogP contribution in [0.2, 0.25) is 0 Å². The summed E-state index contributed by atoms with van der Waals surface area (Å²) in [6.45, 7) is 0. The van der Waals surface area contributed by atoms with Crippen LogP contribution in [0.1, 0.15) is 0 Å². The number of halogens is 16.